The number of morpholine rings is 1. The molecule has 1 fully saturated rings. The van der Waals surface area contributed by atoms with Gasteiger partial charge in [-0.1, -0.05) is 12.1 Å². The Balaban J connectivity index is 0.00000480. The van der Waals surface area contributed by atoms with Gasteiger partial charge in [-0.3, -0.25) is 4.99 Å². The molecule has 31 heavy (non-hydrogen) atoms. The molecule has 0 radical (unpaired) electrons. The van der Waals surface area contributed by atoms with Crippen LogP contribution in [0.3, 0.4) is 0 Å². The number of alkyl halides is 3. The Hall–Kier alpha value is -1.11. The first kappa shape index (κ1) is 27.9. The number of unbranched alkanes of at least 4 members (excludes halogenated alkanes) is 1. The lowest BCUT2D eigenvalue weighted by molar-refractivity contribution is -0.137. The average molecular weight is 559 g/mol. The molecule has 0 aromatic heterocycles. The lowest BCUT2D eigenvalue weighted by Crippen LogP contribution is -2.48. The first-order valence-corrected chi connectivity index (χ1v) is 10.3. The second-order valence-corrected chi connectivity index (χ2v) is 6.98. The van der Waals surface area contributed by atoms with Crippen molar-refractivity contribution in [3.8, 4) is 0 Å². The Labute approximate surface area is 199 Å². The van der Waals surface area contributed by atoms with E-state index >= 15 is 0 Å². The molecule has 1 aromatic carbocycles. The predicted octanol–water partition coefficient (Wildman–Crippen LogP) is 4.11. The maximum Gasteiger partial charge on any atom is 0.416 e. The Morgan fingerprint density at radius 2 is 2.06 bits per heavy atom. The molecule has 0 saturated carbocycles. The van der Waals surface area contributed by atoms with Gasteiger partial charge in [0.25, 0.3) is 0 Å². The van der Waals surface area contributed by atoms with Crippen LogP contribution in [0.5, 0.6) is 0 Å². The summed E-state index contributed by atoms with van der Waals surface area (Å²) in [6.45, 7) is 6.73. The third kappa shape index (κ3) is 9.92. The zero-order valence-corrected chi connectivity index (χ0v) is 20.4. The van der Waals surface area contributed by atoms with Crippen molar-refractivity contribution in [3.05, 3.63) is 35.4 Å². The molecule has 1 heterocycles. The molecule has 0 aliphatic carbocycles. The molecule has 1 unspecified atom stereocenters. The summed E-state index contributed by atoms with van der Waals surface area (Å²) in [5.41, 5.74) is -0.132. The van der Waals surface area contributed by atoms with Crippen molar-refractivity contribution >= 4 is 29.9 Å². The second-order valence-electron chi connectivity index (χ2n) is 6.98. The van der Waals surface area contributed by atoms with E-state index in [1.807, 2.05) is 11.8 Å². The molecular formula is C21H33F3IN3O3. The third-order valence-electron chi connectivity index (χ3n) is 4.68. The van der Waals surface area contributed by atoms with E-state index in [2.05, 4.69) is 10.3 Å². The van der Waals surface area contributed by atoms with Gasteiger partial charge in [0.1, 0.15) is 6.10 Å². The lowest BCUT2D eigenvalue weighted by Gasteiger charge is -2.35. The van der Waals surface area contributed by atoms with Crippen molar-refractivity contribution in [2.75, 3.05) is 59.7 Å². The van der Waals surface area contributed by atoms with Gasteiger partial charge in [0, 0.05) is 33.4 Å². The zero-order chi connectivity index (χ0) is 21.8. The number of rotatable bonds is 10. The summed E-state index contributed by atoms with van der Waals surface area (Å²) in [7, 11) is 1.64. The van der Waals surface area contributed by atoms with Gasteiger partial charge in [0.15, 0.2) is 5.96 Å². The molecule has 0 spiro atoms. The van der Waals surface area contributed by atoms with Gasteiger partial charge in [0.05, 0.1) is 31.9 Å². The SMILES string of the molecule is CCNC(=NCCCCOCCOC)N1CCOC(c2cccc(C(F)(F)F)c2)C1.I. The summed E-state index contributed by atoms with van der Waals surface area (Å²) in [5.74, 6) is 0.762. The van der Waals surface area contributed by atoms with Gasteiger partial charge in [0.2, 0.25) is 0 Å². The molecule has 1 atom stereocenters. The largest absolute Gasteiger partial charge is 0.416 e. The number of benzene rings is 1. The van der Waals surface area contributed by atoms with Crippen molar-refractivity contribution in [3.63, 3.8) is 0 Å². The number of hydrogen-bond acceptors (Lipinski definition) is 4. The van der Waals surface area contributed by atoms with Crippen molar-refractivity contribution in [1.82, 2.24) is 10.2 Å². The number of guanidine groups is 1. The molecule has 0 bridgehead atoms. The monoisotopic (exact) mass is 559 g/mol. The van der Waals surface area contributed by atoms with E-state index in [9.17, 15) is 13.2 Å². The van der Waals surface area contributed by atoms with Crippen molar-refractivity contribution in [1.29, 1.82) is 0 Å². The summed E-state index contributed by atoms with van der Waals surface area (Å²) in [6.07, 6.45) is -3.00. The zero-order valence-electron chi connectivity index (χ0n) is 18.1. The summed E-state index contributed by atoms with van der Waals surface area (Å²) >= 11 is 0. The van der Waals surface area contributed by atoms with Crippen LogP contribution >= 0.6 is 24.0 Å². The van der Waals surface area contributed by atoms with Crippen molar-refractivity contribution < 1.29 is 27.4 Å². The highest BCUT2D eigenvalue weighted by molar-refractivity contribution is 14.0. The van der Waals surface area contributed by atoms with Crippen LogP contribution in [0.2, 0.25) is 0 Å². The average Bonchev–Trinajstić information content (AvgIpc) is 2.74. The van der Waals surface area contributed by atoms with Gasteiger partial charge in [-0.15, -0.1) is 24.0 Å². The summed E-state index contributed by atoms with van der Waals surface area (Å²) in [5, 5.41) is 3.27. The van der Waals surface area contributed by atoms with E-state index in [-0.39, 0.29) is 24.0 Å². The van der Waals surface area contributed by atoms with Crippen LogP contribution in [0.1, 0.15) is 37.0 Å². The molecular weight excluding hydrogens is 526 g/mol. The van der Waals surface area contributed by atoms with Gasteiger partial charge >= 0.3 is 6.18 Å². The van der Waals surface area contributed by atoms with E-state index in [0.717, 1.165) is 24.9 Å². The molecule has 10 heteroatoms. The summed E-state index contributed by atoms with van der Waals surface area (Å²) in [4.78, 5) is 6.72. The Morgan fingerprint density at radius 3 is 2.77 bits per heavy atom. The van der Waals surface area contributed by atoms with Gasteiger partial charge < -0.3 is 24.4 Å². The molecule has 1 saturated heterocycles. The highest BCUT2D eigenvalue weighted by Gasteiger charge is 2.32. The Morgan fingerprint density at radius 1 is 1.26 bits per heavy atom. The number of nitrogens with zero attached hydrogens (tertiary/aromatic N) is 2. The maximum absolute atomic E-state index is 13.0. The molecule has 2 rings (SSSR count). The third-order valence-corrected chi connectivity index (χ3v) is 4.68. The first-order chi connectivity index (χ1) is 14.5. The standard InChI is InChI=1S/C21H32F3N3O3.HI/c1-3-25-20(26-9-4-5-11-29-14-13-28-2)27-10-12-30-19(16-27)17-7-6-8-18(15-17)21(22,23)24;/h6-8,15,19H,3-5,9-14,16H2,1-2H3,(H,25,26);1H. The number of aliphatic imine (C=N–C) groups is 1. The van der Waals surface area contributed by atoms with E-state index in [0.29, 0.717) is 58.2 Å². The van der Waals surface area contributed by atoms with Crippen LogP contribution in [0.25, 0.3) is 0 Å². The van der Waals surface area contributed by atoms with E-state index < -0.39 is 17.8 Å². The summed E-state index contributed by atoms with van der Waals surface area (Å²) < 4.78 is 55.2. The first-order valence-electron chi connectivity index (χ1n) is 10.3. The predicted molar refractivity (Wildman–Crippen MR) is 125 cm³/mol. The van der Waals surface area contributed by atoms with Crippen LogP contribution in [0.4, 0.5) is 13.2 Å². The molecule has 178 valence electrons. The van der Waals surface area contributed by atoms with Crippen LogP contribution < -0.4 is 5.32 Å². The van der Waals surface area contributed by atoms with E-state index in [1.54, 1.807) is 13.2 Å². The van der Waals surface area contributed by atoms with Gasteiger partial charge in [-0.25, -0.2) is 0 Å². The molecule has 1 aliphatic rings. The highest BCUT2D eigenvalue weighted by Crippen LogP contribution is 2.32. The number of hydrogen-bond donors (Lipinski definition) is 1. The quantitative estimate of drug-likeness (QED) is 0.203. The lowest BCUT2D eigenvalue weighted by atomic mass is 10.0. The Kier molecular flexibility index (Phi) is 13.4. The Bertz CT molecular complexity index is 662. The van der Waals surface area contributed by atoms with Crippen LogP contribution in [0.15, 0.2) is 29.3 Å². The smallest absolute Gasteiger partial charge is 0.382 e. The normalized spacial score (nSPS) is 17.4. The fourth-order valence-electron chi connectivity index (χ4n) is 3.13. The topological polar surface area (TPSA) is 55.3 Å². The van der Waals surface area contributed by atoms with E-state index in [1.165, 1.54) is 12.1 Å². The number of halogens is 4. The molecule has 1 aromatic rings. The highest BCUT2D eigenvalue weighted by atomic mass is 127. The van der Waals surface area contributed by atoms with Crippen LogP contribution in [-0.4, -0.2) is 70.6 Å². The van der Waals surface area contributed by atoms with Gasteiger partial charge in [-0.2, -0.15) is 13.2 Å². The number of nitrogens with one attached hydrogen (secondary N) is 1. The number of methoxy groups -OCH3 is 1. The second kappa shape index (κ2) is 14.9. The minimum absolute atomic E-state index is 0. The van der Waals surface area contributed by atoms with Crippen LogP contribution in [0, 0.1) is 0 Å². The summed E-state index contributed by atoms with van der Waals surface area (Å²) in [6, 6.07) is 5.35. The number of ether oxygens (including phenoxy) is 3. The van der Waals surface area contributed by atoms with E-state index in [4.69, 9.17) is 14.2 Å². The minimum atomic E-state index is -4.37. The molecule has 6 nitrogen and oxygen atoms in total. The fraction of sp³-hybridized carbons (Fsp3) is 0.667. The maximum atomic E-state index is 13.0. The van der Waals surface area contributed by atoms with Crippen molar-refractivity contribution in [2.45, 2.75) is 32.0 Å². The fourth-order valence-corrected chi connectivity index (χ4v) is 3.13. The van der Waals surface area contributed by atoms with Crippen molar-refractivity contribution in [2.24, 2.45) is 4.99 Å². The molecule has 0 amide bonds. The molecule has 1 aliphatic heterocycles. The van der Waals surface area contributed by atoms with Gasteiger partial charge in [-0.05, 0) is 37.5 Å². The molecule has 1 N–H and O–H groups in total. The van der Waals surface area contributed by atoms with Crippen LogP contribution in [-0.2, 0) is 20.4 Å². The minimum Gasteiger partial charge on any atom is -0.382 e.